The molecule has 1 saturated heterocycles. The van der Waals surface area contributed by atoms with E-state index in [4.69, 9.17) is 4.74 Å². The first kappa shape index (κ1) is 19.3. The van der Waals surface area contributed by atoms with E-state index < -0.39 is 5.60 Å². The SMILES string of the molecule is CC(C)(C)OC(=O)N1CCC(c2ccc3c(c2)C2(CCCCC2)C(=O)N3)CC1. The van der Waals surface area contributed by atoms with Gasteiger partial charge in [0.15, 0.2) is 0 Å². The number of fused-ring (bicyclic) bond motifs is 2. The van der Waals surface area contributed by atoms with Crippen molar-refractivity contribution >= 4 is 17.7 Å². The molecule has 1 saturated carbocycles. The van der Waals surface area contributed by atoms with Gasteiger partial charge >= 0.3 is 6.09 Å². The summed E-state index contributed by atoms with van der Waals surface area (Å²) in [4.78, 5) is 26.9. The Hall–Kier alpha value is -2.04. The van der Waals surface area contributed by atoms with Crippen LogP contribution in [-0.4, -0.2) is 35.6 Å². The van der Waals surface area contributed by atoms with Crippen LogP contribution in [0, 0.1) is 0 Å². The second kappa shape index (κ2) is 7.09. The molecule has 3 aliphatic rings. The lowest BCUT2D eigenvalue weighted by molar-refractivity contribution is -0.121. The molecule has 1 spiro atoms. The van der Waals surface area contributed by atoms with Gasteiger partial charge in [-0.2, -0.15) is 0 Å². The van der Waals surface area contributed by atoms with Gasteiger partial charge in [0.05, 0.1) is 5.41 Å². The monoisotopic (exact) mass is 384 g/mol. The van der Waals surface area contributed by atoms with E-state index >= 15 is 0 Å². The number of hydrogen-bond acceptors (Lipinski definition) is 3. The van der Waals surface area contributed by atoms with Crippen LogP contribution in [0.25, 0.3) is 0 Å². The predicted molar refractivity (Wildman–Crippen MR) is 110 cm³/mol. The van der Waals surface area contributed by atoms with Crippen molar-refractivity contribution in [1.82, 2.24) is 4.90 Å². The van der Waals surface area contributed by atoms with Crippen LogP contribution in [-0.2, 0) is 14.9 Å². The Labute approximate surface area is 167 Å². The van der Waals surface area contributed by atoms with Gasteiger partial charge in [0.25, 0.3) is 0 Å². The number of amides is 2. The predicted octanol–water partition coefficient (Wildman–Crippen LogP) is 4.96. The highest BCUT2D eigenvalue weighted by Crippen LogP contribution is 2.48. The zero-order valence-electron chi connectivity index (χ0n) is 17.3. The minimum absolute atomic E-state index is 0.194. The van der Waals surface area contributed by atoms with Gasteiger partial charge in [-0.1, -0.05) is 31.4 Å². The summed E-state index contributed by atoms with van der Waals surface area (Å²) >= 11 is 0. The van der Waals surface area contributed by atoms with E-state index in [1.165, 1.54) is 17.5 Å². The maximum atomic E-state index is 12.8. The second-order valence-corrected chi connectivity index (χ2v) is 9.64. The number of likely N-dealkylation sites (tertiary alicyclic amines) is 1. The number of ether oxygens (including phenoxy) is 1. The lowest BCUT2D eigenvalue weighted by Crippen LogP contribution is -2.41. The fourth-order valence-corrected chi connectivity index (χ4v) is 5.06. The van der Waals surface area contributed by atoms with E-state index in [1.807, 2.05) is 25.7 Å². The molecule has 0 aromatic heterocycles. The van der Waals surface area contributed by atoms with Crippen molar-refractivity contribution < 1.29 is 14.3 Å². The molecule has 4 rings (SSSR count). The summed E-state index contributed by atoms with van der Waals surface area (Å²) in [5, 5.41) is 3.12. The smallest absolute Gasteiger partial charge is 0.410 e. The van der Waals surface area contributed by atoms with Gasteiger partial charge in [-0.15, -0.1) is 0 Å². The first-order chi connectivity index (χ1) is 13.3. The van der Waals surface area contributed by atoms with Gasteiger partial charge in [-0.05, 0) is 69.6 Å². The third kappa shape index (κ3) is 3.51. The highest BCUT2D eigenvalue weighted by Gasteiger charge is 2.47. The Morgan fingerprint density at radius 3 is 2.46 bits per heavy atom. The molecule has 2 fully saturated rings. The fraction of sp³-hybridized carbons (Fsp3) is 0.652. The topological polar surface area (TPSA) is 58.6 Å². The van der Waals surface area contributed by atoms with E-state index in [1.54, 1.807) is 0 Å². The third-order valence-electron chi connectivity index (χ3n) is 6.57. The number of carbonyl (C=O) groups excluding carboxylic acids is 2. The van der Waals surface area contributed by atoms with Crippen molar-refractivity contribution in [3.8, 4) is 0 Å². The average molecular weight is 385 g/mol. The standard InChI is InChI=1S/C23H32N2O3/c1-22(2,3)28-21(27)25-13-9-16(10-14-25)17-7-8-19-18(15-17)23(20(26)24-19)11-5-4-6-12-23/h7-8,15-16H,4-6,9-14H2,1-3H3,(H,24,26). The lowest BCUT2D eigenvalue weighted by Gasteiger charge is -2.34. The molecular formula is C23H32N2O3. The van der Waals surface area contributed by atoms with Crippen LogP contribution in [0.15, 0.2) is 18.2 Å². The van der Waals surface area contributed by atoms with Crippen LogP contribution in [0.3, 0.4) is 0 Å². The van der Waals surface area contributed by atoms with Crippen LogP contribution in [0.4, 0.5) is 10.5 Å². The number of benzene rings is 1. The normalized spacial score (nSPS) is 22.1. The maximum Gasteiger partial charge on any atom is 0.410 e. The quantitative estimate of drug-likeness (QED) is 0.745. The summed E-state index contributed by atoms with van der Waals surface area (Å²) in [5.74, 6) is 0.624. The summed E-state index contributed by atoms with van der Waals surface area (Å²) in [6.45, 7) is 7.15. The number of hydrogen-bond donors (Lipinski definition) is 1. The molecule has 0 unspecified atom stereocenters. The summed E-state index contributed by atoms with van der Waals surface area (Å²) in [7, 11) is 0. The Morgan fingerprint density at radius 2 is 1.82 bits per heavy atom. The molecule has 2 aliphatic heterocycles. The molecule has 1 N–H and O–H groups in total. The molecule has 28 heavy (non-hydrogen) atoms. The van der Waals surface area contributed by atoms with Crippen molar-refractivity contribution in [1.29, 1.82) is 0 Å². The zero-order valence-corrected chi connectivity index (χ0v) is 17.3. The van der Waals surface area contributed by atoms with Crippen molar-refractivity contribution in [2.24, 2.45) is 0 Å². The van der Waals surface area contributed by atoms with Crippen molar-refractivity contribution in [3.05, 3.63) is 29.3 Å². The highest BCUT2D eigenvalue weighted by atomic mass is 16.6. The summed E-state index contributed by atoms with van der Waals surface area (Å²) < 4.78 is 5.51. The second-order valence-electron chi connectivity index (χ2n) is 9.64. The van der Waals surface area contributed by atoms with E-state index in [9.17, 15) is 9.59 Å². The molecule has 0 atom stereocenters. The number of rotatable bonds is 1. The number of piperidine rings is 1. The Bertz CT molecular complexity index is 767. The minimum atomic E-state index is -0.457. The lowest BCUT2D eigenvalue weighted by atomic mass is 9.69. The number of anilines is 1. The van der Waals surface area contributed by atoms with E-state index in [-0.39, 0.29) is 17.4 Å². The molecule has 1 aromatic carbocycles. The molecule has 5 heteroatoms. The van der Waals surface area contributed by atoms with E-state index in [0.29, 0.717) is 5.92 Å². The largest absolute Gasteiger partial charge is 0.444 e. The highest BCUT2D eigenvalue weighted by molar-refractivity contribution is 6.06. The van der Waals surface area contributed by atoms with Crippen molar-refractivity contribution in [2.75, 3.05) is 18.4 Å². The van der Waals surface area contributed by atoms with Crippen LogP contribution in [0.1, 0.15) is 82.8 Å². The number of carbonyl (C=O) groups is 2. The molecule has 2 amide bonds. The van der Waals surface area contributed by atoms with Crippen LogP contribution in [0.5, 0.6) is 0 Å². The summed E-state index contributed by atoms with van der Waals surface area (Å²) in [6.07, 6.45) is 7.08. The van der Waals surface area contributed by atoms with Crippen LogP contribution in [0.2, 0.25) is 0 Å². The molecule has 0 radical (unpaired) electrons. The molecular weight excluding hydrogens is 352 g/mol. The van der Waals surface area contributed by atoms with Crippen molar-refractivity contribution in [3.63, 3.8) is 0 Å². The van der Waals surface area contributed by atoms with Gasteiger partial charge in [0.1, 0.15) is 5.60 Å². The molecule has 0 bridgehead atoms. The van der Waals surface area contributed by atoms with E-state index in [2.05, 4.69) is 23.5 Å². The third-order valence-corrected chi connectivity index (χ3v) is 6.57. The maximum absolute atomic E-state index is 12.8. The number of nitrogens with zero attached hydrogens (tertiary/aromatic N) is 1. The zero-order chi connectivity index (χ0) is 19.9. The molecule has 1 aliphatic carbocycles. The van der Waals surface area contributed by atoms with Crippen LogP contribution >= 0.6 is 0 Å². The number of nitrogens with one attached hydrogen (secondary N) is 1. The molecule has 1 aromatic rings. The van der Waals surface area contributed by atoms with E-state index in [0.717, 1.165) is 57.3 Å². The molecule has 2 heterocycles. The molecule has 5 nitrogen and oxygen atoms in total. The first-order valence-corrected chi connectivity index (χ1v) is 10.7. The Morgan fingerprint density at radius 1 is 1.14 bits per heavy atom. The van der Waals surface area contributed by atoms with Gasteiger partial charge in [-0.25, -0.2) is 4.79 Å². The van der Waals surface area contributed by atoms with Crippen molar-refractivity contribution in [2.45, 2.75) is 82.7 Å². The van der Waals surface area contributed by atoms with Gasteiger partial charge < -0.3 is 15.0 Å². The Kier molecular flexibility index (Phi) is 4.88. The molecule has 152 valence electrons. The van der Waals surface area contributed by atoms with Gasteiger partial charge in [0.2, 0.25) is 5.91 Å². The van der Waals surface area contributed by atoms with Crippen LogP contribution < -0.4 is 5.32 Å². The fourth-order valence-electron chi connectivity index (χ4n) is 5.06. The summed E-state index contributed by atoms with van der Waals surface area (Å²) in [5.41, 5.74) is 2.76. The summed E-state index contributed by atoms with van der Waals surface area (Å²) in [6, 6.07) is 6.54. The van der Waals surface area contributed by atoms with Gasteiger partial charge in [-0.3, -0.25) is 4.79 Å². The Balaban J connectivity index is 1.47. The minimum Gasteiger partial charge on any atom is -0.444 e. The first-order valence-electron chi connectivity index (χ1n) is 10.7. The van der Waals surface area contributed by atoms with Gasteiger partial charge in [0, 0.05) is 18.8 Å². The average Bonchev–Trinajstić information content (AvgIpc) is 2.92.